The maximum atomic E-state index is 4.52. The van der Waals surface area contributed by atoms with Crippen molar-refractivity contribution in [1.82, 2.24) is 15.1 Å². The molecule has 0 bridgehead atoms. The largest absolute Gasteiger partial charge is 0.310 e. The van der Waals surface area contributed by atoms with Gasteiger partial charge in [0.1, 0.15) is 0 Å². The summed E-state index contributed by atoms with van der Waals surface area (Å²) in [6.07, 6.45) is 0. The summed E-state index contributed by atoms with van der Waals surface area (Å²) in [5.41, 5.74) is 4.64. The molecule has 0 amide bonds. The Hall–Kier alpha value is -1.61. The van der Waals surface area contributed by atoms with Crippen molar-refractivity contribution in [2.45, 2.75) is 33.7 Å². The van der Waals surface area contributed by atoms with Gasteiger partial charge in [-0.1, -0.05) is 19.1 Å². The number of aryl methyl sites for hydroxylation is 2. The topological polar surface area (TPSA) is 29.9 Å². The summed E-state index contributed by atoms with van der Waals surface area (Å²) in [7, 11) is 0. The van der Waals surface area contributed by atoms with Crippen LogP contribution < -0.4 is 5.32 Å². The van der Waals surface area contributed by atoms with Gasteiger partial charge in [-0.05, 0) is 51.1 Å². The molecule has 3 nitrogen and oxygen atoms in total. The Morgan fingerprint density at radius 1 is 1.28 bits per heavy atom. The molecule has 1 heterocycles. The highest BCUT2D eigenvalue weighted by Gasteiger charge is 2.07. The fourth-order valence-corrected chi connectivity index (χ4v) is 2.24. The maximum absolute atomic E-state index is 4.52. The molecule has 0 aliphatic carbocycles. The van der Waals surface area contributed by atoms with Crippen LogP contribution in [-0.4, -0.2) is 16.3 Å². The third kappa shape index (κ3) is 2.62. The Morgan fingerprint density at radius 2 is 2.06 bits per heavy atom. The van der Waals surface area contributed by atoms with Gasteiger partial charge < -0.3 is 5.32 Å². The SMILES string of the molecule is CCNC(C)c1cccc(-n2nc(C)cc2C)c1. The van der Waals surface area contributed by atoms with Gasteiger partial charge in [-0.2, -0.15) is 5.10 Å². The minimum absolute atomic E-state index is 0.368. The third-order valence-corrected chi connectivity index (χ3v) is 3.13. The van der Waals surface area contributed by atoms with E-state index in [-0.39, 0.29) is 0 Å². The van der Waals surface area contributed by atoms with Crippen LogP contribution >= 0.6 is 0 Å². The van der Waals surface area contributed by atoms with E-state index in [0.717, 1.165) is 17.9 Å². The van der Waals surface area contributed by atoms with Crippen LogP contribution in [0.2, 0.25) is 0 Å². The fourth-order valence-electron chi connectivity index (χ4n) is 2.24. The van der Waals surface area contributed by atoms with E-state index in [1.165, 1.54) is 11.3 Å². The number of benzene rings is 1. The van der Waals surface area contributed by atoms with E-state index >= 15 is 0 Å². The Labute approximate surface area is 109 Å². The van der Waals surface area contributed by atoms with Crippen LogP contribution in [0.5, 0.6) is 0 Å². The number of nitrogens with one attached hydrogen (secondary N) is 1. The van der Waals surface area contributed by atoms with Gasteiger partial charge in [-0.3, -0.25) is 0 Å². The van der Waals surface area contributed by atoms with E-state index in [2.05, 4.69) is 61.5 Å². The monoisotopic (exact) mass is 243 g/mol. The standard InChI is InChI=1S/C15H21N3/c1-5-16-13(4)14-7-6-8-15(10-14)18-12(3)9-11(2)17-18/h6-10,13,16H,5H2,1-4H3. The van der Waals surface area contributed by atoms with Crippen LogP contribution in [0.3, 0.4) is 0 Å². The van der Waals surface area contributed by atoms with Gasteiger partial charge in [-0.15, -0.1) is 0 Å². The van der Waals surface area contributed by atoms with Gasteiger partial charge in [-0.25, -0.2) is 4.68 Å². The van der Waals surface area contributed by atoms with E-state index in [0.29, 0.717) is 6.04 Å². The molecular formula is C15H21N3. The predicted molar refractivity (Wildman–Crippen MR) is 75.1 cm³/mol. The lowest BCUT2D eigenvalue weighted by Crippen LogP contribution is -2.17. The van der Waals surface area contributed by atoms with Gasteiger partial charge in [0, 0.05) is 11.7 Å². The molecule has 1 N–H and O–H groups in total. The Kier molecular flexibility index (Phi) is 3.82. The van der Waals surface area contributed by atoms with Crippen LogP contribution in [0.4, 0.5) is 0 Å². The predicted octanol–water partition coefficient (Wildman–Crippen LogP) is 3.16. The average molecular weight is 243 g/mol. The zero-order valence-electron chi connectivity index (χ0n) is 11.6. The molecule has 0 aliphatic rings. The van der Waals surface area contributed by atoms with Crippen molar-refractivity contribution in [3.8, 4) is 5.69 Å². The van der Waals surface area contributed by atoms with Crippen molar-refractivity contribution in [3.63, 3.8) is 0 Å². The molecular weight excluding hydrogens is 222 g/mol. The van der Waals surface area contributed by atoms with Crippen molar-refractivity contribution in [2.75, 3.05) is 6.54 Å². The average Bonchev–Trinajstić information content (AvgIpc) is 2.69. The van der Waals surface area contributed by atoms with Crippen LogP contribution in [0, 0.1) is 13.8 Å². The van der Waals surface area contributed by atoms with E-state index in [1.807, 2.05) is 11.6 Å². The van der Waals surface area contributed by atoms with Crippen molar-refractivity contribution < 1.29 is 0 Å². The molecule has 1 aromatic carbocycles. The number of hydrogen-bond donors (Lipinski definition) is 1. The van der Waals surface area contributed by atoms with Crippen molar-refractivity contribution >= 4 is 0 Å². The van der Waals surface area contributed by atoms with E-state index in [4.69, 9.17) is 0 Å². The van der Waals surface area contributed by atoms with Gasteiger partial charge in [0.2, 0.25) is 0 Å². The lowest BCUT2D eigenvalue weighted by atomic mass is 10.1. The first-order valence-corrected chi connectivity index (χ1v) is 6.48. The van der Waals surface area contributed by atoms with E-state index < -0.39 is 0 Å². The van der Waals surface area contributed by atoms with E-state index in [9.17, 15) is 0 Å². The highest BCUT2D eigenvalue weighted by atomic mass is 15.3. The number of aromatic nitrogens is 2. The first-order chi connectivity index (χ1) is 8.61. The van der Waals surface area contributed by atoms with Gasteiger partial charge in [0.15, 0.2) is 0 Å². The fraction of sp³-hybridized carbons (Fsp3) is 0.400. The summed E-state index contributed by atoms with van der Waals surface area (Å²) in [6, 6.07) is 11.0. The van der Waals surface area contributed by atoms with Crippen LogP contribution in [0.15, 0.2) is 30.3 Å². The quantitative estimate of drug-likeness (QED) is 0.894. The molecule has 0 radical (unpaired) electrons. The van der Waals surface area contributed by atoms with Crippen LogP contribution in [0.1, 0.15) is 36.8 Å². The zero-order valence-corrected chi connectivity index (χ0v) is 11.6. The second-order valence-corrected chi connectivity index (χ2v) is 4.71. The third-order valence-electron chi connectivity index (χ3n) is 3.13. The maximum Gasteiger partial charge on any atom is 0.0652 e. The minimum atomic E-state index is 0.368. The summed E-state index contributed by atoms with van der Waals surface area (Å²) >= 11 is 0. The summed E-state index contributed by atoms with van der Waals surface area (Å²) < 4.78 is 2.00. The Morgan fingerprint density at radius 3 is 2.67 bits per heavy atom. The first kappa shape index (κ1) is 12.8. The highest BCUT2D eigenvalue weighted by molar-refractivity contribution is 5.38. The molecule has 1 aromatic heterocycles. The molecule has 0 saturated heterocycles. The molecule has 96 valence electrons. The summed E-state index contributed by atoms with van der Waals surface area (Å²) in [5, 5.41) is 7.95. The second-order valence-electron chi connectivity index (χ2n) is 4.71. The van der Waals surface area contributed by atoms with Crippen LogP contribution in [0.25, 0.3) is 5.69 Å². The summed E-state index contributed by atoms with van der Waals surface area (Å²) in [5.74, 6) is 0. The molecule has 0 spiro atoms. The lowest BCUT2D eigenvalue weighted by molar-refractivity contribution is 0.597. The molecule has 0 fully saturated rings. The number of rotatable bonds is 4. The van der Waals surface area contributed by atoms with Gasteiger partial charge in [0.25, 0.3) is 0 Å². The van der Waals surface area contributed by atoms with Gasteiger partial charge in [0.05, 0.1) is 11.4 Å². The molecule has 1 atom stereocenters. The summed E-state index contributed by atoms with van der Waals surface area (Å²) in [6.45, 7) is 9.39. The molecule has 3 heteroatoms. The van der Waals surface area contributed by atoms with Crippen molar-refractivity contribution in [1.29, 1.82) is 0 Å². The van der Waals surface area contributed by atoms with Crippen molar-refractivity contribution in [3.05, 3.63) is 47.3 Å². The van der Waals surface area contributed by atoms with Crippen molar-refractivity contribution in [2.24, 2.45) is 0 Å². The smallest absolute Gasteiger partial charge is 0.0652 e. The van der Waals surface area contributed by atoms with E-state index in [1.54, 1.807) is 0 Å². The highest BCUT2D eigenvalue weighted by Crippen LogP contribution is 2.18. The van der Waals surface area contributed by atoms with Gasteiger partial charge >= 0.3 is 0 Å². The first-order valence-electron chi connectivity index (χ1n) is 6.48. The molecule has 1 unspecified atom stereocenters. The zero-order chi connectivity index (χ0) is 13.1. The minimum Gasteiger partial charge on any atom is -0.310 e. The molecule has 0 aliphatic heterocycles. The van der Waals surface area contributed by atoms with Crippen LogP contribution in [-0.2, 0) is 0 Å². The second kappa shape index (κ2) is 5.36. The normalized spacial score (nSPS) is 12.7. The molecule has 0 saturated carbocycles. The molecule has 18 heavy (non-hydrogen) atoms. The number of nitrogens with zero attached hydrogens (tertiary/aromatic N) is 2. The molecule has 2 aromatic rings. The number of hydrogen-bond acceptors (Lipinski definition) is 2. The Bertz CT molecular complexity index is 528. The lowest BCUT2D eigenvalue weighted by Gasteiger charge is -2.14. The Balaban J connectivity index is 2.35. The summed E-state index contributed by atoms with van der Waals surface area (Å²) in [4.78, 5) is 0. The molecule has 2 rings (SSSR count).